The Kier molecular flexibility index (Phi) is 5.37. The molecule has 1 fully saturated rings. The quantitative estimate of drug-likeness (QED) is 0.543. The number of para-hydroxylation sites is 1. The lowest BCUT2D eigenvalue weighted by Crippen LogP contribution is -2.27. The van der Waals surface area contributed by atoms with Crippen molar-refractivity contribution in [3.8, 4) is 0 Å². The van der Waals surface area contributed by atoms with Crippen LogP contribution in [0.1, 0.15) is 27.2 Å². The normalized spacial score (nSPS) is 21.0. The van der Waals surface area contributed by atoms with Crippen LogP contribution in [0.15, 0.2) is 50.7 Å². The van der Waals surface area contributed by atoms with E-state index in [1.807, 2.05) is 6.92 Å². The van der Waals surface area contributed by atoms with Gasteiger partial charge in [0.2, 0.25) is 0 Å². The van der Waals surface area contributed by atoms with Crippen LogP contribution in [0.4, 0.5) is 5.69 Å². The zero-order valence-electron chi connectivity index (χ0n) is 14.0. The molecule has 3 nitrogen and oxygen atoms in total. The fraction of sp³-hybridized carbons (Fsp3) is 0.333. The number of allylic oxidation sites excluding steroid dienone is 2. The highest BCUT2D eigenvalue weighted by Crippen LogP contribution is 2.46. The minimum Gasteiger partial charge on any atom is -0.335 e. The summed E-state index contributed by atoms with van der Waals surface area (Å²) in [6.45, 7) is 7.73. The molecule has 2 aliphatic rings. The van der Waals surface area contributed by atoms with Crippen LogP contribution in [-0.2, 0) is 4.79 Å². The van der Waals surface area contributed by atoms with Gasteiger partial charge >= 0.3 is 0 Å². The van der Waals surface area contributed by atoms with Crippen molar-refractivity contribution in [1.29, 1.82) is 0 Å². The summed E-state index contributed by atoms with van der Waals surface area (Å²) < 4.78 is 0.663. The molecule has 0 saturated carbocycles. The predicted molar refractivity (Wildman–Crippen MR) is 108 cm³/mol. The Morgan fingerprint density at radius 2 is 1.83 bits per heavy atom. The molecule has 2 aliphatic heterocycles. The van der Waals surface area contributed by atoms with Gasteiger partial charge in [-0.25, -0.2) is 0 Å². The highest BCUT2D eigenvalue weighted by atomic mass is 32.2. The minimum atomic E-state index is 0.0461. The first-order chi connectivity index (χ1) is 11.6. The third-order valence-electron chi connectivity index (χ3n) is 4.09. The van der Waals surface area contributed by atoms with Gasteiger partial charge in [0.25, 0.3) is 5.91 Å². The second kappa shape index (κ2) is 7.33. The average molecular weight is 377 g/mol. The van der Waals surface area contributed by atoms with E-state index < -0.39 is 0 Å². The van der Waals surface area contributed by atoms with Gasteiger partial charge in [-0.3, -0.25) is 9.69 Å². The molecule has 0 N–H and O–H groups in total. The number of fused-ring (bicyclic) bond motifs is 1. The smallest absolute Gasteiger partial charge is 0.266 e. The van der Waals surface area contributed by atoms with E-state index in [0.717, 1.165) is 23.4 Å². The van der Waals surface area contributed by atoms with E-state index >= 15 is 0 Å². The van der Waals surface area contributed by atoms with Gasteiger partial charge in [-0.15, -0.1) is 0 Å². The maximum Gasteiger partial charge on any atom is 0.266 e. The summed E-state index contributed by atoms with van der Waals surface area (Å²) in [5.41, 5.74) is 2.31. The Labute approximate surface area is 157 Å². The van der Waals surface area contributed by atoms with Crippen LogP contribution >= 0.6 is 35.7 Å². The number of hydrogen-bond donors (Lipinski definition) is 0. The molecule has 1 aromatic rings. The SMILES string of the molecule is CCC(C=C1Sc2ccccc2N1CC)=C1SC(=S)N(CC)C1=O. The maximum atomic E-state index is 12.6. The van der Waals surface area contributed by atoms with Crippen molar-refractivity contribution in [2.45, 2.75) is 32.1 Å². The summed E-state index contributed by atoms with van der Waals surface area (Å²) in [7, 11) is 0. The molecule has 0 aromatic heterocycles. The van der Waals surface area contributed by atoms with E-state index in [-0.39, 0.29) is 5.91 Å². The Morgan fingerprint density at radius 3 is 2.46 bits per heavy atom. The van der Waals surface area contributed by atoms with Crippen LogP contribution < -0.4 is 4.90 Å². The Morgan fingerprint density at radius 1 is 1.12 bits per heavy atom. The van der Waals surface area contributed by atoms with Crippen LogP contribution in [0.25, 0.3) is 0 Å². The van der Waals surface area contributed by atoms with E-state index in [2.05, 4.69) is 49.1 Å². The van der Waals surface area contributed by atoms with Gasteiger partial charge in [-0.2, -0.15) is 0 Å². The standard InChI is InChI=1S/C18H20N2OS3/c1-4-12(16-17(21)20(6-3)18(22)24-16)11-15-19(5-2)13-9-7-8-10-14(13)23-15/h7-11H,4-6H2,1-3H3. The average Bonchev–Trinajstić information content (AvgIpc) is 3.08. The molecule has 0 unspecified atom stereocenters. The molecule has 24 heavy (non-hydrogen) atoms. The number of thioether (sulfide) groups is 2. The molecule has 0 spiro atoms. The summed E-state index contributed by atoms with van der Waals surface area (Å²) in [4.78, 5) is 18.6. The highest BCUT2D eigenvalue weighted by Gasteiger charge is 2.33. The van der Waals surface area contributed by atoms with Gasteiger partial charge in [0.1, 0.15) is 4.32 Å². The monoisotopic (exact) mass is 376 g/mol. The molecule has 0 bridgehead atoms. The fourth-order valence-electron chi connectivity index (χ4n) is 2.83. The van der Waals surface area contributed by atoms with E-state index in [4.69, 9.17) is 12.2 Å². The number of carbonyl (C=O) groups is 1. The number of amides is 1. The first-order valence-corrected chi connectivity index (χ1v) is 10.2. The van der Waals surface area contributed by atoms with Crippen molar-refractivity contribution < 1.29 is 4.79 Å². The number of hydrogen-bond acceptors (Lipinski definition) is 5. The summed E-state index contributed by atoms with van der Waals surface area (Å²) in [6, 6.07) is 8.42. The van der Waals surface area contributed by atoms with Gasteiger partial charge in [-0.1, -0.05) is 54.8 Å². The van der Waals surface area contributed by atoms with Crippen molar-refractivity contribution in [1.82, 2.24) is 4.90 Å². The van der Waals surface area contributed by atoms with Gasteiger partial charge in [0, 0.05) is 18.0 Å². The van der Waals surface area contributed by atoms with Crippen molar-refractivity contribution >= 4 is 51.7 Å². The maximum absolute atomic E-state index is 12.6. The van der Waals surface area contributed by atoms with Crippen LogP contribution in [0.2, 0.25) is 0 Å². The van der Waals surface area contributed by atoms with E-state index in [1.165, 1.54) is 27.4 Å². The molecular weight excluding hydrogens is 356 g/mol. The number of benzene rings is 1. The number of anilines is 1. The van der Waals surface area contributed by atoms with Crippen LogP contribution in [0.5, 0.6) is 0 Å². The van der Waals surface area contributed by atoms with Crippen LogP contribution in [0, 0.1) is 0 Å². The molecule has 2 heterocycles. The molecule has 0 aliphatic carbocycles. The first kappa shape index (κ1) is 17.6. The second-order valence-corrected chi connectivity index (χ2v) is 8.13. The second-order valence-electron chi connectivity index (χ2n) is 5.42. The number of likely N-dealkylation sites (N-methyl/N-ethyl adjacent to an activating group) is 1. The molecule has 1 aromatic carbocycles. The molecule has 126 valence electrons. The summed E-state index contributed by atoms with van der Waals surface area (Å²) in [5.74, 6) is 0.0461. The van der Waals surface area contributed by atoms with Crippen LogP contribution in [0.3, 0.4) is 0 Å². The lowest BCUT2D eigenvalue weighted by Gasteiger charge is -2.18. The van der Waals surface area contributed by atoms with Crippen molar-refractivity contribution in [2.24, 2.45) is 0 Å². The third kappa shape index (κ3) is 3.03. The van der Waals surface area contributed by atoms with Gasteiger partial charge < -0.3 is 4.90 Å². The number of rotatable bonds is 4. The molecule has 0 radical (unpaired) electrons. The summed E-state index contributed by atoms with van der Waals surface area (Å²) in [5, 5.41) is 1.18. The zero-order valence-corrected chi connectivity index (χ0v) is 16.5. The lowest BCUT2D eigenvalue weighted by molar-refractivity contribution is -0.122. The Hall–Kier alpha value is -1.24. The third-order valence-corrected chi connectivity index (χ3v) is 6.71. The molecule has 1 amide bonds. The van der Waals surface area contributed by atoms with E-state index in [0.29, 0.717) is 10.9 Å². The van der Waals surface area contributed by atoms with Crippen molar-refractivity contribution in [2.75, 3.05) is 18.0 Å². The Balaban J connectivity index is 1.99. The topological polar surface area (TPSA) is 23.6 Å². The summed E-state index contributed by atoms with van der Waals surface area (Å²) >= 11 is 8.54. The zero-order chi connectivity index (χ0) is 17.3. The number of nitrogens with zero attached hydrogens (tertiary/aromatic N) is 2. The van der Waals surface area contributed by atoms with Gasteiger partial charge in [0.15, 0.2) is 0 Å². The first-order valence-electron chi connectivity index (χ1n) is 8.13. The minimum absolute atomic E-state index is 0.0461. The van der Waals surface area contributed by atoms with Crippen molar-refractivity contribution in [3.63, 3.8) is 0 Å². The number of carbonyl (C=O) groups excluding carboxylic acids is 1. The van der Waals surface area contributed by atoms with E-state index in [1.54, 1.807) is 16.7 Å². The molecule has 3 rings (SSSR count). The summed E-state index contributed by atoms with van der Waals surface area (Å²) in [6.07, 6.45) is 2.97. The molecular formula is C18H20N2OS3. The fourth-order valence-corrected chi connectivity index (χ4v) is 5.52. The largest absolute Gasteiger partial charge is 0.335 e. The van der Waals surface area contributed by atoms with Crippen LogP contribution in [-0.4, -0.2) is 28.2 Å². The number of thiocarbonyl (C=S) groups is 1. The van der Waals surface area contributed by atoms with Crippen molar-refractivity contribution in [3.05, 3.63) is 45.8 Å². The lowest BCUT2D eigenvalue weighted by atomic mass is 10.1. The van der Waals surface area contributed by atoms with Gasteiger partial charge in [0.05, 0.1) is 15.6 Å². The molecule has 1 saturated heterocycles. The highest BCUT2D eigenvalue weighted by molar-refractivity contribution is 8.26. The van der Waals surface area contributed by atoms with Gasteiger partial charge in [-0.05, 0) is 44.1 Å². The van der Waals surface area contributed by atoms with E-state index in [9.17, 15) is 4.79 Å². The Bertz CT molecular complexity index is 754. The molecule has 6 heteroatoms. The molecule has 0 atom stereocenters. The predicted octanol–water partition coefficient (Wildman–Crippen LogP) is 5.00.